The van der Waals surface area contributed by atoms with E-state index in [-0.39, 0.29) is 6.61 Å². The van der Waals surface area contributed by atoms with Crippen LogP contribution in [0.2, 0.25) is 0 Å². The fourth-order valence-electron chi connectivity index (χ4n) is 1.21. The second kappa shape index (κ2) is 5.20. The molecule has 0 aliphatic rings. The van der Waals surface area contributed by atoms with Crippen LogP contribution >= 0.6 is 0 Å². The predicted octanol–water partition coefficient (Wildman–Crippen LogP) is -0.486. The monoisotopic (exact) mass is 215 g/mol. The normalized spacial score (nSPS) is 12.0. The summed E-state index contributed by atoms with van der Waals surface area (Å²) in [6.07, 6.45) is 1.53. The fraction of sp³-hybridized carbons (Fsp3) is 0.778. The first-order chi connectivity index (χ1) is 7.05. The minimum Gasteiger partial charge on any atom is -0.394 e. The average Bonchev–Trinajstić information content (AvgIpc) is 2.59. The molecule has 0 aromatic carbocycles. The van der Waals surface area contributed by atoms with Crippen molar-refractivity contribution in [2.45, 2.75) is 26.0 Å². The van der Waals surface area contributed by atoms with Gasteiger partial charge in [0.1, 0.15) is 5.60 Å². The molecule has 0 radical (unpaired) electrons. The summed E-state index contributed by atoms with van der Waals surface area (Å²) in [6, 6.07) is 0. The molecular weight excluding hydrogens is 198 g/mol. The Morgan fingerprint density at radius 3 is 2.80 bits per heavy atom. The summed E-state index contributed by atoms with van der Waals surface area (Å²) in [5.41, 5.74) is -0.310. The van der Waals surface area contributed by atoms with Crippen molar-refractivity contribution in [1.82, 2.24) is 15.0 Å². The molecule has 15 heavy (non-hydrogen) atoms. The van der Waals surface area contributed by atoms with Gasteiger partial charge in [-0.05, 0) is 13.8 Å². The first kappa shape index (κ1) is 12.1. The molecule has 2 N–H and O–H groups in total. The molecule has 0 aliphatic carbocycles. The van der Waals surface area contributed by atoms with Crippen LogP contribution in [0.4, 0.5) is 0 Å². The summed E-state index contributed by atoms with van der Waals surface area (Å²) in [6.45, 7) is 4.63. The third-order valence-electron chi connectivity index (χ3n) is 1.93. The highest BCUT2D eigenvalue weighted by Crippen LogP contribution is 2.17. The fourth-order valence-corrected chi connectivity index (χ4v) is 1.21. The Kier molecular flexibility index (Phi) is 4.19. The highest BCUT2D eigenvalue weighted by Gasteiger charge is 2.21. The molecule has 1 aromatic rings. The van der Waals surface area contributed by atoms with Crippen molar-refractivity contribution >= 4 is 0 Å². The molecule has 0 atom stereocenters. The Balaban J connectivity index is 2.51. The second-order valence-corrected chi connectivity index (χ2v) is 3.74. The zero-order chi connectivity index (χ0) is 11.3. The quantitative estimate of drug-likeness (QED) is 0.626. The third-order valence-corrected chi connectivity index (χ3v) is 1.93. The first-order valence-corrected chi connectivity index (χ1v) is 4.85. The van der Waals surface area contributed by atoms with Crippen LogP contribution in [0.15, 0.2) is 6.20 Å². The Labute approximate surface area is 88.5 Å². The lowest BCUT2D eigenvalue weighted by Gasteiger charge is -2.17. The molecule has 0 spiro atoms. The van der Waals surface area contributed by atoms with Gasteiger partial charge in [-0.3, -0.25) is 0 Å². The van der Waals surface area contributed by atoms with E-state index in [0.29, 0.717) is 25.5 Å². The summed E-state index contributed by atoms with van der Waals surface area (Å²) in [7, 11) is 0. The van der Waals surface area contributed by atoms with Gasteiger partial charge in [0, 0.05) is 0 Å². The van der Waals surface area contributed by atoms with E-state index >= 15 is 0 Å². The summed E-state index contributed by atoms with van der Waals surface area (Å²) in [5, 5.41) is 25.9. The number of aliphatic hydroxyl groups is 2. The molecule has 0 fully saturated rings. The van der Waals surface area contributed by atoms with E-state index in [1.807, 2.05) is 0 Å². The molecule has 1 heterocycles. The molecule has 0 saturated carbocycles. The van der Waals surface area contributed by atoms with Crippen LogP contribution < -0.4 is 0 Å². The summed E-state index contributed by atoms with van der Waals surface area (Å²) in [4.78, 5) is 0. The van der Waals surface area contributed by atoms with Crippen LogP contribution in [-0.2, 0) is 16.9 Å². The summed E-state index contributed by atoms with van der Waals surface area (Å²) < 4.78 is 6.70. The maximum Gasteiger partial charge on any atom is 0.102 e. The van der Waals surface area contributed by atoms with Crippen LogP contribution in [0, 0.1) is 0 Å². The lowest BCUT2D eigenvalue weighted by Crippen LogP contribution is -2.23. The van der Waals surface area contributed by atoms with Crippen molar-refractivity contribution in [3.8, 4) is 0 Å². The maximum atomic E-state index is 9.78. The molecule has 1 rings (SSSR count). The molecule has 6 nitrogen and oxygen atoms in total. The van der Waals surface area contributed by atoms with Crippen LogP contribution in [0.1, 0.15) is 19.5 Å². The Morgan fingerprint density at radius 2 is 2.20 bits per heavy atom. The smallest absolute Gasteiger partial charge is 0.102 e. The second-order valence-electron chi connectivity index (χ2n) is 3.74. The van der Waals surface area contributed by atoms with Gasteiger partial charge in [-0.1, -0.05) is 5.21 Å². The van der Waals surface area contributed by atoms with E-state index < -0.39 is 5.60 Å². The lowest BCUT2D eigenvalue weighted by atomic mass is 10.1. The standard InChI is InChI=1S/C9H17N3O3/c1-9(2,14)8-7-10-11-12(8)3-5-15-6-4-13/h7,13-14H,3-6H2,1-2H3. The maximum absolute atomic E-state index is 9.78. The number of aliphatic hydroxyl groups excluding tert-OH is 1. The van der Waals surface area contributed by atoms with Gasteiger partial charge in [0.2, 0.25) is 0 Å². The highest BCUT2D eigenvalue weighted by molar-refractivity contribution is 5.04. The van der Waals surface area contributed by atoms with Crippen molar-refractivity contribution in [1.29, 1.82) is 0 Å². The van der Waals surface area contributed by atoms with Gasteiger partial charge < -0.3 is 14.9 Å². The van der Waals surface area contributed by atoms with Gasteiger partial charge in [-0.25, -0.2) is 4.68 Å². The third kappa shape index (κ3) is 3.58. The Hall–Kier alpha value is -0.980. The Morgan fingerprint density at radius 1 is 1.47 bits per heavy atom. The van der Waals surface area contributed by atoms with Gasteiger partial charge in [0.15, 0.2) is 0 Å². The lowest BCUT2D eigenvalue weighted by molar-refractivity contribution is 0.0595. The first-order valence-electron chi connectivity index (χ1n) is 4.85. The predicted molar refractivity (Wildman–Crippen MR) is 53.2 cm³/mol. The van der Waals surface area contributed by atoms with Crippen LogP contribution in [-0.4, -0.2) is 45.0 Å². The number of hydrogen-bond acceptors (Lipinski definition) is 5. The van der Waals surface area contributed by atoms with Crippen molar-refractivity contribution in [3.05, 3.63) is 11.9 Å². The van der Waals surface area contributed by atoms with E-state index in [0.717, 1.165) is 0 Å². The van der Waals surface area contributed by atoms with Crippen molar-refractivity contribution in [2.75, 3.05) is 19.8 Å². The van der Waals surface area contributed by atoms with Gasteiger partial charge in [-0.15, -0.1) is 5.10 Å². The summed E-state index contributed by atoms with van der Waals surface area (Å²) in [5.74, 6) is 0. The molecule has 0 bridgehead atoms. The zero-order valence-electron chi connectivity index (χ0n) is 9.05. The van der Waals surface area contributed by atoms with Gasteiger partial charge >= 0.3 is 0 Å². The summed E-state index contributed by atoms with van der Waals surface area (Å²) >= 11 is 0. The highest BCUT2D eigenvalue weighted by atomic mass is 16.5. The Bertz CT molecular complexity index is 293. The van der Waals surface area contributed by atoms with Crippen molar-refractivity contribution < 1.29 is 14.9 Å². The van der Waals surface area contributed by atoms with E-state index in [1.165, 1.54) is 6.20 Å². The topological polar surface area (TPSA) is 80.4 Å². The zero-order valence-corrected chi connectivity index (χ0v) is 9.05. The van der Waals surface area contributed by atoms with Crippen LogP contribution in [0.3, 0.4) is 0 Å². The number of hydrogen-bond donors (Lipinski definition) is 2. The molecule has 0 saturated heterocycles. The molecule has 0 aliphatic heterocycles. The number of ether oxygens (including phenoxy) is 1. The van der Waals surface area contributed by atoms with E-state index in [2.05, 4.69) is 10.3 Å². The largest absolute Gasteiger partial charge is 0.394 e. The van der Waals surface area contributed by atoms with Crippen molar-refractivity contribution in [2.24, 2.45) is 0 Å². The van der Waals surface area contributed by atoms with Gasteiger partial charge in [0.25, 0.3) is 0 Å². The minimum atomic E-state index is -0.958. The van der Waals surface area contributed by atoms with Crippen molar-refractivity contribution in [3.63, 3.8) is 0 Å². The molecule has 6 heteroatoms. The number of rotatable bonds is 6. The number of aromatic nitrogens is 3. The minimum absolute atomic E-state index is 0.00963. The molecule has 0 amide bonds. The van der Waals surface area contributed by atoms with Crippen LogP contribution in [0.25, 0.3) is 0 Å². The SMILES string of the molecule is CC(C)(O)c1cnnn1CCOCCO. The molecule has 0 unspecified atom stereocenters. The molecule has 1 aromatic heterocycles. The van der Waals surface area contributed by atoms with Crippen LogP contribution in [0.5, 0.6) is 0 Å². The average molecular weight is 215 g/mol. The molecular formula is C9H17N3O3. The van der Waals surface area contributed by atoms with E-state index in [4.69, 9.17) is 9.84 Å². The van der Waals surface area contributed by atoms with Gasteiger partial charge in [0.05, 0.1) is 38.3 Å². The van der Waals surface area contributed by atoms with E-state index in [9.17, 15) is 5.11 Å². The van der Waals surface area contributed by atoms with Gasteiger partial charge in [-0.2, -0.15) is 0 Å². The molecule has 86 valence electrons. The van der Waals surface area contributed by atoms with E-state index in [1.54, 1.807) is 18.5 Å². The number of nitrogens with zero attached hydrogens (tertiary/aromatic N) is 3.